The second kappa shape index (κ2) is 6.01. The van der Waals surface area contributed by atoms with Gasteiger partial charge >= 0.3 is 0 Å². The number of nitrogens with two attached hydrogens (primary N) is 2. The van der Waals surface area contributed by atoms with Crippen molar-refractivity contribution in [3.63, 3.8) is 0 Å². The Kier molecular flexibility index (Phi) is 4.15. The first-order valence-corrected chi connectivity index (χ1v) is 5.96. The fourth-order valence-corrected chi connectivity index (χ4v) is 1.82. The molecule has 2 rings (SSSR count). The van der Waals surface area contributed by atoms with Crippen molar-refractivity contribution in [1.29, 1.82) is 0 Å². The molecule has 0 radical (unpaired) electrons. The first kappa shape index (κ1) is 13.1. The summed E-state index contributed by atoms with van der Waals surface area (Å²) >= 11 is 5.95. The lowest BCUT2D eigenvalue weighted by atomic mass is 10.2. The number of hydrogen-bond acceptors (Lipinski definition) is 2. The van der Waals surface area contributed by atoms with E-state index in [9.17, 15) is 0 Å². The quantitative estimate of drug-likeness (QED) is 0.330. The van der Waals surface area contributed by atoms with Gasteiger partial charge in [0.1, 0.15) is 25.2 Å². The van der Waals surface area contributed by atoms with E-state index < -0.39 is 0 Å². The Bertz CT molecular complexity index is 612. The van der Waals surface area contributed by atoms with Crippen molar-refractivity contribution in [3.05, 3.63) is 53.1 Å². The third kappa shape index (κ3) is 3.82. The minimum atomic E-state index is -0.0794. The number of aromatic amines is 1. The Balaban J connectivity index is 2.16. The molecule has 0 bridgehead atoms. The zero-order valence-electron chi connectivity index (χ0n) is 10.1. The molecular formula is C12H14ClN6+. The van der Waals surface area contributed by atoms with Crippen molar-refractivity contribution < 1.29 is 4.57 Å². The number of rotatable bonds is 4. The molecule has 1 aromatic carbocycles. The number of nitrogens with one attached hydrogen (secondary N) is 1. The van der Waals surface area contributed by atoms with E-state index in [0.29, 0.717) is 11.6 Å². The average molecular weight is 278 g/mol. The van der Waals surface area contributed by atoms with Crippen LogP contribution < -0.4 is 16.0 Å². The highest BCUT2D eigenvalue weighted by molar-refractivity contribution is 6.30. The summed E-state index contributed by atoms with van der Waals surface area (Å²) in [6, 6.07) is 7.67. The summed E-state index contributed by atoms with van der Waals surface area (Å²) in [5.41, 5.74) is 11.5. The molecule has 0 saturated heterocycles. The molecule has 1 aromatic heterocycles. The maximum atomic E-state index is 5.95. The van der Waals surface area contributed by atoms with Gasteiger partial charge in [0.2, 0.25) is 5.96 Å². The van der Waals surface area contributed by atoms with Crippen molar-refractivity contribution in [2.45, 2.75) is 6.54 Å². The van der Waals surface area contributed by atoms with Gasteiger partial charge < -0.3 is 11.5 Å². The predicted octanol–water partition coefficient (Wildman–Crippen LogP) is 0.611. The summed E-state index contributed by atoms with van der Waals surface area (Å²) < 4.78 is 1.97. The van der Waals surface area contributed by atoms with Crippen LogP contribution in [-0.2, 0) is 6.54 Å². The van der Waals surface area contributed by atoms with Crippen LogP contribution in [-0.4, -0.2) is 17.2 Å². The summed E-state index contributed by atoms with van der Waals surface area (Å²) in [5.74, 6) is 0.703. The van der Waals surface area contributed by atoms with E-state index in [1.54, 1.807) is 12.4 Å². The van der Waals surface area contributed by atoms with Crippen molar-refractivity contribution in [3.8, 4) is 0 Å². The van der Waals surface area contributed by atoms with Crippen LogP contribution in [0.3, 0.4) is 0 Å². The molecule has 0 unspecified atom stereocenters. The summed E-state index contributed by atoms with van der Waals surface area (Å²) in [4.78, 5) is 3.04. The molecule has 1 heterocycles. The Morgan fingerprint density at radius 3 is 3.00 bits per heavy atom. The lowest BCUT2D eigenvalue weighted by molar-refractivity contribution is -0.687. The largest absolute Gasteiger partial charge is 0.369 e. The molecule has 0 amide bonds. The third-order valence-corrected chi connectivity index (χ3v) is 2.63. The molecule has 0 saturated carbocycles. The average Bonchev–Trinajstić information content (AvgIpc) is 2.76. The van der Waals surface area contributed by atoms with Crippen molar-refractivity contribution in [1.82, 2.24) is 4.98 Å². The predicted molar refractivity (Wildman–Crippen MR) is 74.9 cm³/mol. The molecule has 19 heavy (non-hydrogen) atoms. The monoisotopic (exact) mass is 277 g/mol. The molecule has 0 atom stereocenters. The van der Waals surface area contributed by atoms with Gasteiger partial charge in [-0.2, -0.15) is 0 Å². The Labute approximate surface area is 115 Å². The van der Waals surface area contributed by atoms with Gasteiger partial charge in [0.05, 0.1) is 0 Å². The van der Waals surface area contributed by atoms with E-state index >= 15 is 0 Å². The van der Waals surface area contributed by atoms with Crippen LogP contribution in [0.5, 0.6) is 0 Å². The van der Waals surface area contributed by atoms with Crippen LogP contribution in [0.1, 0.15) is 11.4 Å². The first-order valence-electron chi connectivity index (χ1n) is 5.58. The molecule has 5 N–H and O–H groups in total. The Hall–Kier alpha value is -2.34. The second-order valence-electron chi connectivity index (χ2n) is 3.87. The summed E-state index contributed by atoms with van der Waals surface area (Å²) in [5, 5.41) is 8.03. The molecular weight excluding hydrogens is 264 g/mol. The number of halogens is 1. The number of nitrogens with zero attached hydrogens (tertiary/aromatic N) is 3. The van der Waals surface area contributed by atoms with E-state index in [1.807, 2.05) is 35.0 Å². The summed E-state index contributed by atoms with van der Waals surface area (Å²) in [6.45, 7) is 0.674. The van der Waals surface area contributed by atoms with Gasteiger partial charge in [-0.15, -0.1) is 10.2 Å². The molecule has 0 aliphatic rings. The summed E-state index contributed by atoms with van der Waals surface area (Å²) in [6.07, 6.45) is 5.25. The lowest BCUT2D eigenvalue weighted by Crippen LogP contribution is -2.36. The van der Waals surface area contributed by atoms with Crippen LogP contribution in [0.25, 0.3) is 0 Å². The van der Waals surface area contributed by atoms with E-state index in [1.165, 1.54) is 0 Å². The van der Waals surface area contributed by atoms with Crippen LogP contribution in [0.15, 0.2) is 46.9 Å². The molecule has 7 heteroatoms. The minimum absolute atomic E-state index is 0.0794. The molecule has 0 aliphatic carbocycles. The normalized spacial score (nSPS) is 10.8. The fraction of sp³-hybridized carbons (Fsp3) is 0.0833. The number of imidazole rings is 1. The van der Waals surface area contributed by atoms with E-state index in [0.717, 1.165) is 11.4 Å². The third-order valence-electron chi connectivity index (χ3n) is 2.39. The van der Waals surface area contributed by atoms with Gasteiger partial charge in [-0.3, -0.25) is 0 Å². The standard InChI is InChI=1S/C12H13ClN6/c13-10-3-1-2-9(6-10)8-19-5-4-16-11(19)7-17-18-12(14)15/h1-7H,8H2,(H4,14,15,16,18)/p+1. The van der Waals surface area contributed by atoms with Gasteiger partial charge in [0, 0.05) is 5.02 Å². The van der Waals surface area contributed by atoms with Crippen molar-refractivity contribution >= 4 is 23.8 Å². The lowest BCUT2D eigenvalue weighted by Gasteiger charge is -1.99. The number of aromatic nitrogens is 2. The zero-order valence-corrected chi connectivity index (χ0v) is 10.9. The Morgan fingerprint density at radius 2 is 2.26 bits per heavy atom. The minimum Gasteiger partial charge on any atom is -0.369 e. The van der Waals surface area contributed by atoms with Crippen LogP contribution >= 0.6 is 11.6 Å². The van der Waals surface area contributed by atoms with E-state index in [-0.39, 0.29) is 5.96 Å². The highest BCUT2D eigenvalue weighted by Crippen LogP contribution is 2.10. The van der Waals surface area contributed by atoms with Gasteiger partial charge in [-0.05, 0) is 17.7 Å². The second-order valence-corrected chi connectivity index (χ2v) is 4.31. The maximum absolute atomic E-state index is 5.95. The SMILES string of the molecule is NC(N)=N/N=C/c1[nH]cc[n+]1Cc1cccc(Cl)c1. The number of hydrogen-bond donors (Lipinski definition) is 3. The van der Waals surface area contributed by atoms with Crippen molar-refractivity contribution in [2.75, 3.05) is 0 Å². The van der Waals surface area contributed by atoms with E-state index in [2.05, 4.69) is 15.2 Å². The Morgan fingerprint density at radius 1 is 1.42 bits per heavy atom. The van der Waals surface area contributed by atoms with Gasteiger partial charge in [0.15, 0.2) is 0 Å². The topological polar surface area (TPSA) is 96.4 Å². The molecule has 2 aromatic rings. The zero-order chi connectivity index (χ0) is 13.7. The smallest absolute Gasteiger partial charge is 0.300 e. The van der Waals surface area contributed by atoms with E-state index in [4.69, 9.17) is 23.1 Å². The molecule has 0 spiro atoms. The number of guanidine groups is 1. The molecule has 98 valence electrons. The van der Waals surface area contributed by atoms with Crippen LogP contribution in [0, 0.1) is 0 Å². The number of H-pyrrole nitrogens is 1. The highest BCUT2D eigenvalue weighted by atomic mass is 35.5. The summed E-state index contributed by atoms with van der Waals surface area (Å²) in [7, 11) is 0. The highest BCUT2D eigenvalue weighted by Gasteiger charge is 2.08. The van der Waals surface area contributed by atoms with Gasteiger partial charge in [-0.1, -0.05) is 23.7 Å². The fourth-order valence-electron chi connectivity index (χ4n) is 1.61. The maximum Gasteiger partial charge on any atom is 0.300 e. The van der Waals surface area contributed by atoms with Crippen LogP contribution in [0.4, 0.5) is 0 Å². The van der Waals surface area contributed by atoms with Gasteiger partial charge in [-0.25, -0.2) is 9.55 Å². The van der Waals surface area contributed by atoms with Crippen molar-refractivity contribution in [2.24, 2.45) is 21.7 Å². The molecule has 0 fully saturated rings. The van der Waals surface area contributed by atoms with Gasteiger partial charge in [0.25, 0.3) is 5.82 Å². The first-order chi connectivity index (χ1) is 9.15. The van der Waals surface area contributed by atoms with Crippen LogP contribution in [0.2, 0.25) is 5.02 Å². The molecule has 6 nitrogen and oxygen atoms in total. The molecule has 0 aliphatic heterocycles. The number of benzene rings is 1.